The lowest BCUT2D eigenvalue weighted by atomic mass is 10.1. The number of aromatic nitrogens is 6. The molecule has 5 aromatic rings. The summed E-state index contributed by atoms with van der Waals surface area (Å²) in [5, 5.41) is 17.5. The standard InChI is InChI=1S/C29H25N9O/c1-20-2-3-22(18-32-20)28-33-19-38(36-28)25-6-4-24(5-7-25)34-29-31-9-8-27(35-29)23-14-21(17-30)15-26(16-23)37-10-12-39-13-11-37/h2-9,14-16,18-19H,10-13H2,1H3,(H,31,34,35). The highest BCUT2D eigenvalue weighted by Gasteiger charge is 2.14. The molecule has 3 aromatic heterocycles. The number of nitrogens with one attached hydrogen (secondary N) is 1. The van der Waals surface area contributed by atoms with Gasteiger partial charge in [-0.15, -0.1) is 5.10 Å². The van der Waals surface area contributed by atoms with E-state index in [1.807, 2.05) is 61.5 Å². The van der Waals surface area contributed by atoms with Gasteiger partial charge < -0.3 is 15.0 Å². The third-order valence-electron chi connectivity index (χ3n) is 6.42. The summed E-state index contributed by atoms with van der Waals surface area (Å²) in [5.74, 6) is 1.08. The van der Waals surface area contributed by atoms with Crippen molar-refractivity contribution in [2.24, 2.45) is 0 Å². The van der Waals surface area contributed by atoms with Gasteiger partial charge in [0.2, 0.25) is 5.95 Å². The van der Waals surface area contributed by atoms with Crippen molar-refractivity contribution in [1.82, 2.24) is 29.7 Å². The number of nitrogens with zero attached hydrogens (tertiary/aromatic N) is 8. The molecular formula is C29H25N9O. The molecule has 0 bridgehead atoms. The quantitative estimate of drug-likeness (QED) is 0.347. The Morgan fingerprint density at radius 1 is 0.897 bits per heavy atom. The fraction of sp³-hybridized carbons (Fsp3) is 0.172. The van der Waals surface area contributed by atoms with Crippen LogP contribution in [0.25, 0.3) is 28.3 Å². The van der Waals surface area contributed by atoms with Gasteiger partial charge in [-0.25, -0.2) is 19.6 Å². The summed E-state index contributed by atoms with van der Waals surface area (Å²) in [4.78, 5) is 20.1. The van der Waals surface area contributed by atoms with Crippen LogP contribution in [-0.2, 0) is 4.74 Å². The zero-order chi connectivity index (χ0) is 26.6. The first kappa shape index (κ1) is 24.2. The van der Waals surface area contributed by atoms with Gasteiger partial charge in [0.15, 0.2) is 5.82 Å². The molecule has 0 radical (unpaired) electrons. The van der Waals surface area contributed by atoms with Crippen LogP contribution in [-0.4, -0.2) is 56.0 Å². The Morgan fingerprint density at radius 2 is 1.74 bits per heavy atom. The number of nitriles is 1. The van der Waals surface area contributed by atoms with E-state index in [0.29, 0.717) is 30.5 Å². The van der Waals surface area contributed by atoms with Gasteiger partial charge in [0.05, 0.1) is 36.2 Å². The number of ether oxygens (including phenoxy) is 1. The van der Waals surface area contributed by atoms with Crippen molar-refractivity contribution in [3.05, 3.63) is 90.6 Å². The largest absolute Gasteiger partial charge is 0.378 e. The molecule has 4 heterocycles. The van der Waals surface area contributed by atoms with Crippen LogP contribution in [0, 0.1) is 18.3 Å². The van der Waals surface area contributed by atoms with Gasteiger partial charge in [-0.1, -0.05) is 0 Å². The normalized spacial score (nSPS) is 13.2. The molecule has 1 fully saturated rings. The molecule has 1 N–H and O–H groups in total. The number of rotatable bonds is 6. The second kappa shape index (κ2) is 10.7. The zero-order valence-electron chi connectivity index (χ0n) is 21.3. The summed E-state index contributed by atoms with van der Waals surface area (Å²) in [6.07, 6.45) is 5.17. The predicted octanol–water partition coefficient (Wildman–Crippen LogP) is 4.55. The van der Waals surface area contributed by atoms with Crippen LogP contribution in [0.4, 0.5) is 17.3 Å². The van der Waals surface area contributed by atoms with Gasteiger partial charge >= 0.3 is 0 Å². The number of anilines is 3. The number of hydrogen-bond donors (Lipinski definition) is 1. The summed E-state index contributed by atoms with van der Waals surface area (Å²) < 4.78 is 7.20. The van der Waals surface area contributed by atoms with E-state index in [-0.39, 0.29) is 0 Å². The Kier molecular flexibility index (Phi) is 6.64. The van der Waals surface area contributed by atoms with Gasteiger partial charge in [0.1, 0.15) is 6.33 Å². The highest BCUT2D eigenvalue weighted by Crippen LogP contribution is 2.27. The van der Waals surface area contributed by atoms with Crippen molar-refractivity contribution >= 4 is 17.3 Å². The van der Waals surface area contributed by atoms with Gasteiger partial charge in [-0.3, -0.25) is 4.98 Å². The maximum atomic E-state index is 9.60. The van der Waals surface area contributed by atoms with Crippen molar-refractivity contribution in [2.45, 2.75) is 6.92 Å². The average molecular weight is 516 g/mol. The summed E-state index contributed by atoms with van der Waals surface area (Å²) in [6.45, 7) is 4.88. The number of hydrogen-bond acceptors (Lipinski definition) is 9. The molecule has 0 amide bonds. The van der Waals surface area contributed by atoms with Gasteiger partial charge in [-0.05, 0) is 67.6 Å². The van der Waals surface area contributed by atoms with Crippen LogP contribution in [0.2, 0.25) is 0 Å². The van der Waals surface area contributed by atoms with Crippen molar-refractivity contribution in [1.29, 1.82) is 5.26 Å². The highest BCUT2D eigenvalue weighted by molar-refractivity contribution is 5.70. The average Bonchev–Trinajstić information content (AvgIpc) is 3.49. The first-order chi connectivity index (χ1) is 19.1. The Labute approximate surface area is 225 Å². The molecule has 1 aliphatic heterocycles. The number of benzene rings is 2. The van der Waals surface area contributed by atoms with E-state index in [1.54, 1.807) is 23.4 Å². The second-order valence-electron chi connectivity index (χ2n) is 9.12. The van der Waals surface area contributed by atoms with Crippen molar-refractivity contribution in [3.8, 4) is 34.4 Å². The van der Waals surface area contributed by atoms with Crippen LogP contribution in [0.5, 0.6) is 0 Å². The first-order valence-corrected chi connectivity index (χ1v) is 12.6. The molecule has 0 unspecified atom stereocenters. The van der Waals surface area contributed by atoms with Crippen LogP contribution in [0.3, 0.4) is 0 Å². The van der Waals surface area contributed by atoms with Crippen molar-refractivity contribution in [2.75, 3.05) is 36.5 Å². The smallest absolute Gasteiger partial charge is 0.227 e. The third kappa shape index (κ3) is 5.44. The fourth-order valence-electron chi connectivity index (χ4n) is 4.35. The van der Waals surface area contributed by atoms with Crippen LogP contribution >= 0.6 is 0 Å². The van der Waals surface area contributed by atoms with E-state index in [2.05, 4.69) is 42.4 Å². The summed E-state index contributed by atoms with van der Waals surface area (Å²) in [7, 11) is 0. The van der Waals surface area contributed by atoms with Gasteiger partial charge in [-0.2, -0.15) is 5.26 Å². The summed E-state index contributed by atoms with van der Waals surface area (Å²) >= 11 is 0. The Morgan fingerprint density at radius 3 is 2.51 bits per heavy atom. The topological polar surface area (TPSA) is 118 Å². The SMILES string of the molecule is Cc1ccc(-c2ncn(-c3ccc(Nc4nccc(-c5cc(C#N)cc(N6CCOCC6)c5)n4)cc3)n2)cn1. The first-order valence-electron chi connectivity index (χ1n) is 12.6. The lowest BCUT2D eigenvalue weighted by Gasteiger charge is -2.29. The van der Waals surface area contributed by atoms with Gasteiger partial charge in [0.25, 0.3) is 0 Å². The molecular weight excluding hydrogens is 490 g/mol. The molecule has 192 valence electrons. The number of aryl methyl sites for hydroxylation is 1. The highest BCUT2D eigenvalue weighted by atomic mass is 16.5. The molecule has 0 spiro atoms. The van der Waals surface area contributed by atoms with E-state index in [1.165, 1.54) is 0 Å². The fourth-order valence-corrected chi connectivity index (χ4v) is 4.35. The Bertz CT molecular complexity index is 1630. The van der Waals surface area contributed by atoms with Crippen LogP contribution in [0.15, 0.2) is 79.4 Å². The maximum Gasteiger partial charge on any atom is 0.227 e. The van der Waals surface area contributed by atoms with E-state index >= 15 is 0 Å². The molecule has 0 atom stereocenters. The lowest BCUT2D eigenvalue weighted by Crippen LogP contribution is -2.36. The minimum atomic E-state index is 0.463. The molecule has 2 aromatic carbocycles. The molecule has 10 nitrogen and oxygen atoms in total. The number of morpholine rings is 1. The Hall–Kier alpha value is -5.14. The molecule has 10 heteroatoms. The monoisotopic (exact) mass is 515 g/mol. The summed E-state index contributed by atoms with van der Waals surface area (Å²) in [5.41, 5.74) is 6.70. The van der Waals surface area contributed by atoms with Crippen molar-refractivity contribution < 1.29 is 4.74 Å². The lowest BCUT2D eigenvalue weighted by molar-refractivity contribution is 0.122. The summed E-state index contributed by atoms with van der Waals surface area (Å²) in [6, 6.07) is 21.6. The number of pyridine rings is 1. The predicted molar refractivity (Wildman–Crippen MR) is 148 cm³/mol. The van der Waals surface area contributed by atoms with E-state index < -0.39 is 0 Å². The molecule has 6 rings (SSSR count). The minimum Gasteiger partial charge on any atom is -0.378 e. The molecule has 1 saturated heterocycles. The van der Waals surface area contributed by atoms with Crippen LogP contribution < -0.4 is 10.2 Å². The maximum absolute atomic E-state index is 9.60. The van der Waals surface area contributed by atoms with Gasteiger partial charge in [0, 0.05) is 53.7 Å². The minimum absolute atomic E-state index is 0.463. The van der Waals surface area contributed by atoms with E-state index in [0.717, 1.165) is 52.7 Å². The molecule has 1 aliphatic rings. The van der Waals surface area contributed by atoms with E-state index in [4.69, 9.17) is 9.72 Å². The Balaban J connectivity index is 1.19. The molecule has 0 aliphatic carbocycles. The van der Waals surface area contributed by atoms with E-state index in [9.17, 15) is 5.26 Å². The second-order valence-corrected chi connectivity index (χ2v) is 9.12. The van der Waals surface area contributed by atoms with Crippen molar-refractivity contribution in [3.63, 3.8) is 0 Å². The third-order valence-corrected chi connectivity index (χ3v) is 6.42. The molecule has 39 heavy (non-hydrogen) atoms. The van der Waals surface area contributed by atoms with Crippen LogP contribution in [0.1, 0.15) is 11.3 Å². The zero-order valence-corrected chi connectivity index (χ0v) is 21.3. The molecule has 0 saturated carbocycles.